The van der Waals surface area contributed by atoms with E-state index in [0.717, 1.165) is 31.9 Å². The molecule has 2 aromatic carbocycles. The first-order chi connectivity index (χ1) is 13.8. The molecule has 1 aliphatic heterocycles. The minimum absolute atomic E-state index is 0.101. The second-order valence-corrected chi connectivity index (χ2v) is 10.9. The number of rotatable bonds is 4. The van der Waals surface area contributed by atoms with Gasteiger partial charge in [-0.2, -0.15) is 21.8 Å². The second-order valence-electron chi connectivity index (χ2n) is 7.05. The first-order valence-corrected chi connectivity index (χ1v) is 12.0. The Morgan fingerprint density at radius 1 is 0.767 bits per heavy atom. The normalized spacial score (nSPS) is 17.2. The zero-order valence-corrected chi connectivity index (χ0v) is 18.0. The van der Waals surface area contributed by atoms with E-state index < -0.39 is 36.7 Å². The quantitative estimate of drug-likeness (QED) is 0.700. The fraction of sp³-hybridized carbons (Fsp3) is 0.368. The number of aryl methyl sites for hydroxylation is 2. The molecule has 164 valence electrons. The topological polar surface area (TPSA) is 74.8 Å². The Kier molecular flexibility index (Phi) is 6.02. The van der Waals surface area contributed by atoms with Crippen LogP contribution in [0.15, 0.2) is 52.3 Å². The zero-order chi connectivity index (χ0) is 22.3. The lowest BCUT2D eigenvalue weighted by molar-refractivity contribution is -0.139. The van der Waals surface area contributed by atoms with Crippen LogP contribution < -0.4 is 0 Å². The van der Waals surface area contributed by atoms with E-state index in [1.54, 1.807) is 19.1 Å². The van der Waals surface area contributed by atoms with Crippen molar-refractivity contribution < 1.29 is 30.0 Å². The summed E-state index contributed by atoms with van der Waals surface area (Å²) in [6.07, 6.45) is -4.82. The van der Waals surface area contributed by atoms with Crippen molar-refractivity contribution in [2.45, 2.75) is 29.8 Å². The molecule has 0 aliphatic carbocycles. The second kappa shape index (κ2) is 7.95. The van der Waals surface area contributed by atoms with Crippen LogP contribution in [0.4, 0.5) is 13.2 Å². The Balaban J connectivity index is 1.83. The molecule has 0 spiro atoms. The number of halogens is 3. The molecule has 0 amide bonds. The number of hydrogen-bond donors (Lipinski definition) is 0. The Bertz CT molecular complexity index is 1150. The fourth-order valence-corrected chi connectivity index (χ4v) is 6.38. The van der Waals surface area contributed by atoms with Gasteiger partial charge < -0.3 is 0 Å². The lowest BCUT2D eigenvalue weighted by Crippen LogP contribution is -2.50. The number of sulfonamides is 2. The minimum atomic E-state index is -4.82. The highest BCUT2D eigenvalue weighted by molar-refractivity contribution is 7.89. The molecule has 1 fully saturated rings. The lowest BCUT2D eigenvalue weighted by Gasteiger charge is -2.33. The van der Waals surface area contributed by atoms with Crippen LogP contribution in [-0.4, -0.2) is 51.6 Å². The summed E-state index contributed by atoms with van der Waals surface area (Å²) >= 11 is 0. The van der Waals surface area contributed by atoms with Gasteiger partial charge in [0.2, 0.25) is 20.0 Å². The summed E-state index contributed by atoms with van der Waals surface area (Å²) in [5, 5.41) is 0. The number of benzene rings is 2. The van der Waals surface area contributed by atoms with Gasteiger partial charge in [0.05, 0.1) is 15.4 Å². The highest BCUT2D eigenvalue weighted by Crippen LogP contribution is 2.35. The van der Waals surface area contributed by atoms with Crippen molar-refractivity contribution >= 4 is 20.0 Å². The summed E-state index contributed by atoms with van der Waals surface area (Å²) in [7, 11) is -8.26. The van der Waals surface area contributed by atoms with E-state index in [1.165, 1.54) is 12.1 Å². The van der Waals surface area contributed by atoms with Gasteiger partial charge in [0.25, 0.3) is 0 Å². The molecule has 1 aliphatic rings. The molecule has 0 saturated carbocycles. The van der Waals surface area contributed by atoms with E-state index in [2.05, 4.69) is 0 Å². The van der Waals surface area contributed by atoms with Crippen molar-refractivity contribution in [2.24, 2.45) is 0 Å². The third-order valence-corrected chi connectivity index (χ3v) is 8.98. The van der Waals surface area contributed by atoms with Crippen LogP contribution in [0.25, 0.3) is 0 Å². The maximum absolute atomic E-state index is 13.2. The molecule has 6 nitrogen and oxygen atoms in total. The Labute approximate surface area is 174 Å². The van der Waals surface area contributed by atoms with Crippen LogP contribution >= 0.6 is 0 Å². The van der Waals surface area contributed by atoms with Crippen LogP contribution in [0.2, 0.25) is 0 Å². The summed E-state index contributed by atoms with van der Waals surface area (Å²) in [4.78, 5) is -0.729. The van der Waals surface area contributed by atoms with Crippen molar-refractivity contribution in [1.29, 1.82) is 0 Å². The predicted molar refractivity (Wildman–Crippen MR) is 105 cm³/mol. The van der Waals surface area contributed by atoms with E-state index in [-0.39, 0.29) is 31.1 Å². The molecular formula is C19H21F3N2O4S2. The first-order valence-electron chi connectivity index (χ1n) is 9.09. The zero-order valence-electron chi connectivity index (χ0n) is 16.3. The van der Waals surface area contributed by atoms with Crippen molar-refractivity contribution in [1.82, 2.24) is 8.61 Å². The molecule has 0 N–H and O–H groups in total. The van der Waals surface area contributed by atoms with Gasteiger partial charge in [0.1, 0.15) is 0 Å². The summed E-state index contributed by atoms with van der Waals surface area (Å²) in [6, 6.07) is 8.70. The maximum atomic E-state index is 13.2. The van der Waals surface area contributed by atoms with E-state index in [4.69, 9.17) is 0 Å². The van der Waals surface area contributed by atoms with Gasteiger partial charge in [-0.3, -0.25) is 0 Å². The molecule has 0 atom stereocenters. The molecule has 30 heavy (non-hydrogen) atoms. The van der Waals surface area contributed by atoms with Crippen molar-refractivity contribution in [3.05, 3.63) is 59.2 Å². The molecular weight excluding hydrogens is 441 g/mol. The average molecular weight is 463 g/mol. The van der Waals surface area contributed by atoms with E-state index in [1.807, 2.05) is 6.92 Å². The van der Waals surface area contributed by atoms with Crippen LogP contribution in [0.3, 0.4) is 0 Å². The summed E-state index contributed by atoms with van der Waals surface area (Å²) in [5.74, 6) is 0. The molecule has 1 heterocycles. The van der Waals surface area contributed by atoms with Crippen LogP contribution in [0.1, 0.15) is 16.7 Å². The summed E-state index contributed by atoms with van der Waals surface area (Å²) < 4.78 is 93.2. The first kappa shape index (κ1) is 22.7. The monoisotopic (exact) mass is 462 g/mol. The molecule has 0 unspecified atom stereocenters. The molecule has 3 rings (SSSR count). The third-order valence-electron chi connectivity index (χ3n) is 5.12. The van der Waals surface area contributed by atoms with Gasteiger partial charge in [-0.25, -0.2) is 16.8 Å². The predicted octanol–water partition coefficient (Wildman–Crippen LogP) is 3.02. The molecule has 11 heteroatoms. The van der Waals surface area contributed by atoms with Gasteiger partial charge in [-0.1, -0.05) is 18.2 Å². The lowest BCUT2D eigenvalue weighted by atomic mass is 10.1. The standard InChI is InChI=1S/C19H21F3N2O4S2/c1-14-7-8-16(13-15(14)2)29(25,26)23-9-11-24(12-10-23)30(27,28)18-6-4-3-5-17(18)19(20,21)22/h3-8,13H,9-12H2,1-2H3. The average Bonchev–Trinajstić information content (AvgIpc) is 2.69. The van der Waals surface area contributed by atoms with Crippen LogP contribution in [-0.2, 0) is 26.2 Å². The molecule has 0 radical (unpaired) electrons. The van der Waals surface area contributed by atoms with Gasteiger partial charge in [0, 0.05) is 26.2 Å². The van der Waals surface area contributed by atoms with Crippen LogP contribution in [0.5, 0.6) is 0 Å². The SMILES string of the molecule is Cc1ccc(S(=O)(=O)N2CCN(S(=O)(=O)c3ccccc3C(F)(F)F)CC2)cc1C. The molecule has 0 bridgehead atoms. The summed E-state index contributed by atoms with van der Waals surface area (Å²) in [6.45, 7) is 2.87. The van der Waals surface area contributed by atoms with Crippen molar-refractivity contribution in [3.63, 3.8) is 0 Å². The Hall–Kier alpha value is -1.95. The fourth-order valence-electron chi connectivity index (χ4n) is 3.24. The van der Waals surface area contributed by atoms with E-state index >= 15 is 0 Å². The number of alkyl halides is 3. The van der Waals surface area contributed by atoms with E-state index in [0.29, 0.717) is 6.07 Å². The summed E-state index contributed by atoms with van der Waals surface area (Å²) in [5.41, 5.74) is 0.504. The number of piperazine rings is 1. The maximum Gasteiger partial charge on any atom is 0.417 e. The van der Waals surface area contributed by atoms with Crippen LogP contribution in [0, 0.1) is 13.8 Å². The minimum Gasteiger partial charge on any atom is -0.207 e. The van der Waals surface area contributed by atoms with Gasteiger partial charge in [0.15, 0.2) is 0 Å². The highest BCUT2D eigenvalue weighted by atomic mass is 32.2. The number of nitrogens with zero attached hydrogens (tertiary/aromatic N) is 2. The largest absolute Gasteiger partial charge is 0.417 e. The van der Waals surface area contributed by atoms with Gasteiger partial charge >= 0.3 is 6.18 Å². The molecule has 1 saturated heterocycles. The van der Waals surface area contributed by atoms with Crippen molar-refractivity contribution in [3.8, 4) is 0 Å². The van der Waals surface area contributed by atoms with Gasteiger partial charge in [-0.05, 0) is 49.2 Å². The van der Waals surface area contributed by atoms with E-state index in [9.17, 15) is 30.0 Å². The number of hydrogen-bond acceptors (Lipinski definition) is 4. The van der Waals surface area contributed by atoms with Crippen molar-refractivity contribution in [2.75, 3.05) is 26.2 Å². The van der Waals surface area contributed by atoms with Gasteiger partial charge in [-0.15, -0.1) is 0 Å². The Morgan fingerprint density at radius 2 is 1.30 bits per heavy atom. The Morgan fingerprint density at radius 3 is 1.83 bits per heavy atom. The third kappa shape index (κ3) is 4.25. The highest BCUT2D eigenvalue weighted by Gasteiger charge is 2.40. The smallest absolute Gasteiger partial charge is 0.207 e. The molecule has 0 aromatic heterocycles. The molecule has 2 aromatic rings.